The van der Waals surface area contributed by atoms with E-state index < -0.39 is 11.8 Å². The van der Waals surface area contributed by atoms with Crippen LogP contribution in [0.4, 0.5) is 5.69 Å². The summed E-state index contributed by atoms with van der Waals surface area (Å²) in [6, 6.07) is 16.8. The molecule has 25 heavy (non-hydrogen) atoms. The minimum Gasteiger partial charge on any atom is -0.489 e. The van der Waals surface area contributed by atoms with Crippen LogP contribution in [-0.4, -0.2) is 18.4 Å². The molecule has 0 spiro atoms. The van der Waals surface area contributed by atoms with Gasteiger partial charge in [0.15, 0.2) is 0 Å². The lowest BCUT2D eigenvalue weighted by Gasteiger charge is -2.09. The maximum Gasteiger partial charge on any atom is 0.313 e. The summed E-state index contributed by atoms with van der Waals surface area (Å²) in [5.74, 6) is -0.569. The number of unbranched alkanes of at least 4 members (excludes halogenated alkanes) is 2. The van der Waals surface area contributed by atoms with Gasteiger partial charge >= 0.3 is 11.8 Å². The maximum absolute atomic E-state index is 11.8. The minimum absolute atomic E-state index is 0.479. The SMILES string of the molecule is CCCCCNC(=O)C(=O)Nc1ccc(OCc2ccccc2)cc1. The largest absolute Gasteiger partial charge is 0.489 e. The fraction of sp³-hybridized carbons (Fsp3) is 0.300. The zero-order valence-electron chi connectivity index (χ0n) is 14.5. The van der Waals surface area contributed by atoms with E-state index in [-0.39, 0.29) is 0 Å². The number of benzene rings is 2. The van der Waals surface area contributed by atoms with Crippen LogP contribution in [0.1, 0.15) is 31.7 Å². The van der Waals surface area contributed by atoms with Gasteiger partial charge in [0.1, 0.15) is 12.4 Å². The Balaban J connectivity index is 1.77. The molecule has 0 heterocycles. The van der Waals surface area contributed by atoms with Crippen molar-refractivity contribution in [2.45, 2.75) is 32.8 Å². The number of ether oxygens (including phenoxy) is 1. The second kappa shape index (κ2) is 10.1. The quantitative estimate of drug-likeness (QED) is 0.571. The molecule has 0 aliphatic rings. The van der Waals surface area contributed by atoms with Crippen molar-refractivity contribution in [3.8, 4) is 5.75 Å². The van der Waals surface area contributed by atoms with Gasteiger partial charge in [0.2, 0.25) is 0 Å². The Morgan fingerprint density at radius 3 is 2.32 bits per heavy atom. The Morgan fingerprint density at radius 2 is 1.64 bits per heavy atom. The Hall–Kier alpha value is -2.82. The van der Waals surface area contributed by atoms with E-state index >= 15 is 0 Å². The zero-order chi connectivity index (χ0) is 17.9. The average molecular weight is 340 g/mol. The standard InChI is InChI=1S/C20H24N2O3/c1-2-3-7-14-21-19(23)20(24)22-17-10-12-18(13-11-17)25-15-16-8-5-4-6-9-16/h4-6,8-13H,2-3,7,14-15H2,1H3,(H,21,23)(H,22,24). The van der Waals surface area contributed by atoms with Crippen molar-refractivity contribution in [3.05, 3.63) is 60.2 Å². The summed E-state index contributed by atoms with van der Waals surface area (Å²) in [6.07, 6.45) is 2.98. The first-order chi connectivity index (χ1) is 12.2. The minimum atomic E-state index is -0.658. The lowest BCUT2D eigenvalue weighted by Crippen LogP contribution is -2.35. The van der Waals surface area contributed by atoms with Crippen LogP contribution in [0.3, 0.4) is 0 Å². The third-order valence-electron chi connectivity index (χ3n) is 3.63. The van der Waals surface area contributed by atoms with Gasteiger partial charge in [-0.25, -0.2) is 0 Å². The van der Waals surface area contributed by atoms with E-state index in [0.29, 0.717) is 24.6 Å². The summed E-state index contributed by atoms with van der Waals surface area (Å²) in [5.41, 5.74) is 1.64. The summed E-state index contributed by atoms with van der Waals surface area (Å²) in [7, 11) is 0. The fourth-order valence-corrected chi connectivity index (χ4v) is 2.22. The van der Waals surface area contributed by atoms with Crippen LogP contribution in [0.25, 0.3) is 0 Å². The lowest BCUT2D eigenvalue weighted by atomic mass is 10.2. The Bertz CT molecular complexity index is 669. The molecule has 0 fully saturated rings. The van der Waals surface area contributed by atoms with E-state index in [9.17, 15) is 9.59 Å². The molecule has 2 rings (SSSR count). The van der Waals surface area contributed by atoms with Crippen molar-refractivity contribution in [1.82, 2.24) is 5.32 Å². The van der Waals surface area contributed by atoms with Crippen molar-refractivity contribution in [3.63, 3.8) is 0 Å². The molecule has 0 aromatic heterocycles. The molecular formula is C20H24N2O3. The first kappa shape index (κ1) is 18.5. The van der Waals surface area contributed by atoms with Crippen molar-refractivity contribution >= 4 is 17.5 Å². The van der Waals surface area contributed by atoms with E-state index in [1.165, 1.54) is 0 Å². The highest BCUT2D eigenvalue weighted by Gasteiger charge is 2.12. The highest BCUT2D eigenvalue weighted by atomic mass is 16.5. The van der Waals surface area contributed by atoms with Gasteiger partial charge in [-0.1, -0.05) is 50.1 Å². The van der Waals surface area contributed by atoms with E-state index in [2.05, 4.69) is 17.6 Å². The Labute approximate surface area is 148 Å². The number of carbonyl (C=O) groups is 2. The molecule has 0 saturated heterocycles. The Morgan fingerprint density at radius 1 is 0.920 bits per heavy atom. The van der Waals surface area contributed by atoms with Crippen LogP contribution in [0.2, 0.25) is 0 Å². The van der Waals surface area contributed by atoms with Crippen molar-refractivity contribution < 1.29 is 14.3 Å². The number of amides is 2. The van der Waals surface area contributed by atoms with Gasteiger partial charge in [-0.2, -0.15) is 0 Å². The molecule has 132 valence electrons. The molecule has 0 aliphatic heterocycles. The van der Waals surface area contributed by atoms with Gasteiger partial charge in [0.05, 0.1) is 0 Å². The van der Waals surface area contributed by atoms with E-state index in [4.69, 9.17) is 4.74 Å². The molecule has 0 unspecified atom stereocenters. The summed E-state index contributed by atoms with van der Waals surface area (Å²) in [6.45, 7) is 3.08. The molecular weight excluding hydrogens is 316 g/mol. The van der Waals surface area contributed by atoms with Crippen molar-refractivity contribution in [2.75, 3.05) is 11.9 Å². The van der Waals surface area contributed by atoms with Crippen LogP contribution in [0.5, 0.6) is 5.75 Å². The zero-order valence-corrected chi connectivity index (χ0v) is 14.5. The maximum atomic E-state index is 11.8. The third-order valence-corrected chi connectivity index (χ3v) is 3.63. The molecule has 0 aliphatic carbocycles. The summed E-state index contributed by atoms with van der Waals surface area (Å²) >= 11 is 0. The molecule has 0 bridgehead atoms. The second-order valence-electron chi connectivity index (χ2n) is 5.72. The monoisotopic (exact) mass is 340 g/mol. The van der Waals surface area contributed by atoms with Crippen LogP contribution in [0.15, 0.2) is 54.6 Å². The molecule has 0 radical (unpaired) electrons. The molecule has 0 saturated carbocycles. The number of rotatable bonds is 8. The topological polar surface area (TPSA) is 67.4 Å². The van der Waals surface area contributed by atoms with Gasteiger partial charge in [0, 0.05) is 12.2 Å². The summed E-state index contributed by atoms with van der Waals surface area (Å²) in [4.78, 5) is 23.5. The van der Waals surface area contributed by atoms with Gasteiger partial charge in [0.25, 0.3) is 0 Å². The molecule has 5 heteroatoms. The van der Waals surface area contributed by atoms with Crippen LogP contribution < -0.4 is 15.4 Å². The molecule has 2 N–H and O–H groups in total. The van der Waals surface area contributed by atoms with E-state index in [1.807, 2.05) is 30.3 Å². The van der Waals surface area contributed by atoms with Gasteiger partial charge < -0.3 is 15.4 Å². The highest BCUT2D eigenvalue weighted by Crippen LogP contribution is 2.17. The van der Waals surface area contributed by atoms with Crippen molar-refractivity contribution in [1.29, 1.82) is 0 Å². The van der Waals surface area contributed by atoms with Gasteiger partial charge in [-0.05, 0) is 36.2 Å². The van der Waals surface area contributed by atoms with Crippen LogP contribution in [-0.2, 0) is 16.2 Å². The van der Waals surface area contributed by atoms with E-state index in [1.54, 1.807) is 24.3 Å². The molecule has 0 atom stereocenters. The number of anilines is 1. The van der Waals surface area contributed by atoms with Crippen molar-refractivity contribution in [2.24, 2.45) is 0 Å². The first-order valence-electron chi connectivity index (χ1n) is 8.55. The Kier molecular flexibility index (Phi) is 7.50. The smallest absolute Gasteiger partial charge is 0.313 e. The number of hydrogen-bond acceptors (Lipinski definition) is 3. The molecule has 2 aromatic rings. The summed E-state index contributed by atoms with van der Waals surface area (Å²) in [5, 5.41) is 5.19. The van der Waals surface area contributed by atoms with E-state index in [0.717, 1.165) is 24.8 Å². The number of carbonyl (C=O) groups excluding carboxylic acids is 2. The average Bonchev–Trinajstić information content (AvgIpc) is 2.65. The fourth-order valence-electron chi connectivity index (χ4n) is 2.22. The first-order valence-corrected chi connectivity index (χ1v) is 8.55. The second-order valence-corrected chi connectivity index (χ2v) is 5.72. The lowest BCUT2D eigenvalue weighted by molar-refractivity contribution is -0.136. The normalized spacial score (nSPS) is 10.1. The number of nitrogens with one attached hydrogen (secondary N) is 2. The van der Waals surface area contributed by atoms with Crippen LogP contribution >= 0.6 is 0 Å². The molecule has 2 aromatic carbocycles. The predicted octanol–water partition coefficient (Wildman–Crippen LogP) is 3.51. The third kappa shape index (κ3) is 6.67. The van der Waals surface area contributed by atoms with Crippen LogP contribution in [0, 0.1) is 0 Å². The highest BCUT2D eigenvalue weighted by molar-refractivity contribution is 6.39. The van der Waals surface area contributed by atoms with Gasteiger partial charge in [-0.15, -0.1) is 0 Å². The predicted molar refractivity (Wildman–Crippen MR) is 98.4 cm³/mol. The number of hydrogen-bond donors (Lipinski definition) is 2. The molecule has 2 amide bonds. The van der Waals surface area contributed by atoms with Gasteiger partial charge in [-0.3, -0.25) is 9.59 Å². The summed E-state index contributed by atoms with van der Waals surface area (Å²) < 4.78 is 5.68. The molecule has 5 nitrogen and oxygen atoms in total.